The van der Waals surface area contributed by atoms with Gasteiger partial charge in [0.2, 0.25) is 0 Å². The molecule has 1 heterocycles. The van der Waals surface area contributed by atoms with Gasteiger partial charge in [0.1, 0.15) is 0 Å². The van der Waals surface area contributed by atoms with Gasteiger partial charge >= 0.3 is 0 Å². The first-order valence-electron chi connectivity index (χ1n) is 5.69. The first-order chi connectivity index (χ1) is 7.61. The van der Waals surface area contributed by atoms with Crippen molar-refractivity contribution in [3.63, 3.8) is 0 Å². The molecule has 86 valence electrons. The molecule has 0 aliphatic rings. The summed E-state index contributed by atoms with van der Waals surface area (Å²) >= 11 is 1.78. The molecule has 1 unspecified atom stereocenters. The SMILES string of the molecule is Cc1ccc2nc(C(CN)C(C)C)sc2c1. The van der Waals surface area contributed by atoms with E-state index in [0.29, 0.717) is 18.4 Å². The Kier molecular flexibility index (Phi) is 3.26. The number of fused-ring (bicyclic) bond motifs is 1. The molecule has 0 aliphatic carbocycles. The van der Waals surface area contributed by atoms with Crippen molar-refractivity contribution < 1.29 is 0 Å². The topological polar surface area (TPSA) is 38.9 Å². The van der Waals surface area contributed by atoms with Gasteiger partial charge in [-0.1, -0.05) is 19.9 Å². The average molecular weight is 234 g/mol. The van der Waals surface area contributed by atoms with Crippen LogP contribution in [0.25, 0.3) is 10.2 Å². The van der Waals surface area contributed by atoms with E-state index in [4.69, 9.17) is 5.73 Å². The van der Waals surface area contributed by atoms with Crippen molar-refractivity contribution in [2.24, 2.45) is 11.7 Å². The Morgan fingerprint density at radius 1 is 1.38 bits per heavy atom. The molecule has 3 heteroatoms. The number of nitrogens with two attached hydrogens (primary N) is 1. The number of benzene rings is 1. The Bertz CT molecular complexity index is 488. The largest absolute Gasteiger partial charge is 0.330 e. The standard InChI is InChI=1S/C13H18N2S/c1-8(2)10(7-14)13-15-11-5-4-9(3)6-12(11)16-13/h4-6,8,10H,7,14H2,1-3H3. The molecule has 0 radical (unpaired) electrons. The number of rotatable bonds is 3. The highest BCUT2D eigenvalue weighted by Gasteiger charge is 2.18. The van der Waals surface area contributed by atoms with Crippen molar-refractivity contribution in [3.8, 4) is 0 Å². The lowest BCUT2D eigenvalue weighted by molar-refractivity contribution is 0.505. The summed E-state index contributed by atoms with van der Waals surface area (Å²) in [4.78, 5) is 4.68. The summed E-state index contributed by atoms with van der Waals surface area (Å²) in [6.07, 6.45) is 0. The van der Waals surface area contributed by atoms with Crippen LogP contribution in [0.3, 0.4) is 0 Å². The number of hydrogen-bond acceptors (Lipinski definition) is 3. The van der Waals surface area contributed by atoms with Gasteiger partial charge < -0.3 is 5.73 Å². The van der Waals surface area contributed by atoms with E-state index < -0.39 is 0 Å². The van der Waals surface area contributed by atoms with Crippen molar-refractivity contribution in [1.82, 2.24) is 4.98 Å². The highest BCUT2D eigenvalue weighted by atomic mass is 32.1. The fourth-order valence-electron chi connectivity index (χ4n) is 1.87. The Balaban J connectivity index is 2.45. The molecule has 2 rings (SSSR count). The minimum absolute atomic E-state index is 0.387. The third-order valence-corrected chi connectivity index (χ3v) is 4.09. The summed E-state index contributed by atoms with van der Waals surface area (Å²) in [5.41, 5.74) is 8.21. The summed E-state index contributed by atoms with van der Waals surface area (Å²) in [5, 5.41) is 1.18. The van der Waals surface area contributed by atoms with Crippen LogP contribution >= 0.6 is 11.3 Å². The highest BCUT2D eigenvalue weighted by Crippen LogP contribution is 2.31. The van der Waals surface area contributed by atoms with Crippen molar-refractivity contribution in [3.05, 3.63) is 28.8 Å². The normalized spacial score (nSPS) is 13.6. The maximum Gasteiger partial charge on any atom is 0.0984 e. The average Bonchev–Trinajstić information content (AvgIpc) is 2.60. The second-order valence-electron chi connectivity index (χ2n) is 4.61. The molecule has 0 saturated carbocycles. The van der Waals surface area contributed by atoms with E-state index in [-0.39, 0.29) is 0 Å². The number of hydrogen-bond donors (Lipinski definition) is 1. The molecular weight excluding hydrogens is 216 g/mol. The molecule has 0 saturated heterocycles. The van der Waals surface area contributed by atoms with E-state index >= 15 is 0 Å². The lowest BCUT2D eigenvalue weighted by atomic mass is 9.97. The quantitative estimate of drug-likeness (QED) is 0.885. The maximum absolute atomic E-state index is 5.82. The van der Waals surface area contributed by atoms with Crippen LogP contribution in [0.2, 0.25) is 0 Å². The van der Waals surface area contributed by atoms with Gasteiger partial charge in [0.15, 0.2) is 0 Å². The lowest BCUT2D eigenvalue weighted by Gasteiger charge is -2.15. The van der Waals surface area contributed by atoms with Gasteiger partial charge in [0, 0.05) is 12.5 Å². The van der Waals surface area contributed by atoms with Crippen LogP contribution in [0, 0.1) is 12.8 Å². The van der Waals surface area contributed by atoms with Crippen LogP contribution in [-0.4, -0.2) is 11.5 Å². The molecular formula is C13H18N2S. The molecule has 2 aromatic rings. The van der Waals surface area contributed by atoms with Crippen molar-refractivity contribution in [2.75, 3.05) is 6.54 Å². The first-order valence-corrected chi connectivity index (χ1v) is 6.50. The molecule has 0 bridgehead atoms. The second kappa shape index (κ2) is 4.52. The second-order valence-corrected chi connectivity index (χ2v) is 5.67. The number of aromatic nitrogens is 1. The molecule has 16 heavy (non-hydrogen) atoms. The molecule has 2 nitrogen and oxygen atoms in total. The Morgan fingerprint density at radius 2 is 2.12 bits per heavy atom. The molecule has 0 aliphatic heterocycles. The van der Waals surface area contributed by atoms with Gasteiger partial charge in [0.25, 0.3) is 0 Å². The first kappa shape index (κ1) is 11.6. The number of aryl methyl sites for hydroxylation is 1. The Labute approximate surface area is 101 Å². The van der Waals surface area contributed by atoms with E-state index in [1.165, 1.54) is 15.3 Å². The van der Waals surface area contributed by atoms with Gasteiger partial charge in [-0.05, 0) is 30.5 Å². The zero-order valence-corrected chi connectivity index (χ0v) is 10.8. The van der Waals surface area contributed by atoms with Crippen LogP contribution in [0.4, 0.5) is 0 Å². The van der Waals surface area contributed by atoms with Crippen LogP contribution in [-0.2, 0) is 0 Å². The monoisotopic (exact) mass is 234 g/mol. The van der Waals surface area contributed by atoms with Gasteiger partial charge in [-0.3, -0.25) is 0 Å². The predicted octanol–water partition coefficient (Wildman–Crippen LogP) is 3.30. The van der Waals surface area contributed by atoms with E-state index in [9.17, 15) is 0 Å². The number of thiazole rings is 1. The van der Waals surface area contributed by atoms with Gasteiger partial charge in [0.05, 0.1) is 15.2 Å². The molecule has 2 N–H and O–H groups in total. The summed E-state index contributed by atoms with van der Waals surface area (Å²) in [6.45, 7) is 7.20. The Morgan fingerprint density at radius 3 is 2.75 bits per heavy atom. The van der Waals surface area contributed by atoms with Crippen LogP contribution in [0.1, 0.15) is 30.3 Å². The highest BCUT2D eigenvalue weighted by molar-refractivity contribution is 7.18. The third kappa shape index (κ3) is 2.11. The summed E-state index contributed by atoms with van der Waals surface area (Å²) in [5.74, 6) is 0.935. The van der Waals surface area contributed by atoms with Crippen LogP contribution < -0.4 is 5.73 Å². The van der Waals surface area contributed by atoms with E-state index in [0.717, 1.165) is 5.52 Å². The van der Waals surface area contributed by atoms with Crippen molar-refractivity contribution >= 4 is 21.6 Å². The minimum Gasteiger partial charge on any atom is -0.330 e. The van der Waals surface area contributed by atoms with Gasteiger partial charge in [-0.25, -0.2) is 4.98 Å². The smallest absolute Gasteiger partial charge is 0.0984 e. The fourth-order valence-corrected chi connectivity index (χ4v) is 3.22. The predicted molar refractivity (Wildman–Crippen MR) is 71.0 cm³/mol. The summed E-state index contributed by atoms with van der Waals surface area (Å²) < 4.78 is 1.27. The van der Waals surface area contributed by atoms with Crippen LogP contribution in [0.15, 0.2) is 18.2 Å². The Hall–Kier alpha value is -0.930. The lowest BCUT2D eigenvalue weighted by Crippen LogP contribution is -2.17. The van der Waals surface area contributed by atoms with Crippen molar-refractivity contribution in [1.29, 1.82) is 0 Å². The molecule has 0 amide bonds. The van der Waals surface area contributed by atoms with Crippen molar-refractivity contribution in [2.45, 2.75) is 26.7 Å². The molecule has 1 aromatic carbocycles. The summed E-state index contributed by atoms with van der Waals surface area (Å²) in [7, 11) is 0. The molecule has 0 spiro atoms. The summed E-state index contributed by atoms with van der Waals surface area (Å²) in [6, 6.07) is 6.40. The molecule has 1 aromatic heterocycles. The molecule has 0 fully saturated rings. The minimum atomic E-state index is 0.387. The van der Waals surface area contributed by atoms with Crippen LogP contribution in [0.5, 0.6) is 0 Å². The van der Waals surface area contributed by atoms with Gasteiger partial charge in [-0.2, -0.15) is 0 Å². The van der Waals surface area contributed by atoms with E-state index in [2.05, 4.69) is 44.0 Å². The zero-order valence-electron chi connectivity index (χ0n) is 10.0. The zero-order chi connectivity index (χ0) is 11.7. The third-order valence-electron chi connectivity index (χ3n) is 2.94. The number of nitrogens with zero attached hydrogens (tertiary/aromatic N) is 1. The maximum atomic E-state index is 5.82. The molecule has 1 atom stereocenters. The van der Waals surface area contributed by atoms with Gasteiger partial charge in [-0.15, -0.1) is 11.3 Å². The van der Waals surface area contributed by atoms with E-state index in [1.807, 2.05) is 0 Å². The fraction of sp³-hybridized carbons (Fsp3) is 0.462. The van der Waals surface area contributed by atoms with E-state index in [1.54, 1.807) is 11.3 Å².